The van der Waals surface area contributed by atoms with Gasteiger partial charge in [-0.2, -0.15) is 0 Å². The minimum Gasteiger partial charge on any atom is -0.508 e. The number of hydrogen-bond donors (Lipinski definition) is 2. The second-order valence-electron chi connectivity index (χ2n) is 5.67. The van der Waals surface area contributed by atoms with E-state index < -0.39 is 12.0 Å². The van der Waals surface area contributed by atoms with Gasteiger partial charge in [0.25, 0.3) is 5.91 Å². The maximum atomic E-state index is 12.9. The van der Waals surface area contributed by atoms with Crippen LogP contribution in [0.5, 0.6) is 5.75 Å². The first kappa shape index (κ1) is 18.2. The number of hydrogen-bond acceptors (Lipinski definition) is 5. The van der Waals surface area contributed by atoms with Crippen LogP contribution in [0, 0.1) is 0 Å². The Morgan fingerprint density at radius 1 is 1.19 bits per heavy atom. The molecule has 1 amide bonds. The number of phenolic OH excluding ortho intramolecular Hbond substituents is 1. The van der Waals surface area contributed by atoms with Crippen LogP contribution in [0.3, 0.4) is 0 Å². The molecular weight excluding hydrogens is 370 g/mol. The molecule has 26 heavy (non-hydrogen) atoms. The van der Waals surface area contributed by atoms with E-state index in [1.807, 2.05) is 6.07 Å². The number of phenols is 1. The zero-order valence-electron chi connectivity index (χ0n) is 13.5. The van der Waals surface area contributed by atoms with Crippen molar-refractivity contribution >= 4 is 46.3 Å². The Morgan fingerprint density at radius 2 is 1.92 bits per heavy atom. The quantitative estimate of drug-likeness (QED) is 0.602. The molecular formula is C19H15NO4S2. The highest BCUT2D eigenvalue weighted by atomic mass is 32.2. The van der Waals surface area contributed by atoms with E-state index in [0.29, 0.717) is 20.4 Å². The third-order valence-corrected chi connectivity index (χ3v) is 5.19. The van der Waals surface area contributed by atoms with E-state index in [2.05, 4.69) is 0 Å². The monoisotopic (exact) mass is 385 g/mol. The average Bonchev–Trinajstić information content (AvgIpc) is 2.87. The topological polar surface area (TPSA) is 77.8 Å². The number of nitrogens with zero attached hydrogens (tertiary/aromatic N) is 1. The second kappa shape index (κ2) is 7.72. The molecule has 5 nitrogen and oxygen atoms in total. The van der Waals surface area contributed by atoms with Gasteiger partial charge in [-0.15, -0.1) is 0 Å². The number of thioether (sulfide) groups is 1. The summed E-state index contributed by atoms with van der Waals surface area (Å²) in [5.41, 5.74) is 1.38. The average molecular weight is 385 g/mol. The number of benzene rings is 2. The molecule has 1 heterocycles. The van der Waals surface area contributed by atoms with Crippen LogP contribution in [-0.2, 0) is 9.59 Å². The first-order valence-electron chi connectivity index (χ1n) is 7.78. The van der Waals surface area contributed by atoms with Gasteiger partial charge in [0.15, 0.2) is 0 Å². The normalized spacial score (nSPS) is 16.9. The number of carboxylic acid groups (broad SMARTS) is 1. The van der Waals surface area contributed by atoms with Crippen molar-refractivity contribution in [2.75, 3.05) is 0 Å². The van der Waals surface area contributed by atoms with Gasteiger partial charge in [0.1, 0.15) is 10.1 Å². The van der Waals surface area contributed by atoms with Crippen molar-refractivity contribution in [1.82, 2.24) is 4.90 Å². The molecule has 0 aromatic heterocycles. The first-order chi connectivity index (χ1) is 12.5. The highest BCUT2D eigenvalue weighted by Crippen LogP contribution is 2.39. The van der Waals surface area contributed by atoms with Crippen LogP contribution in [-0.4, -0.2) is 31.3 Å². The second-order valence-corrected chi connectivity index (χ2v) is 7.35. The van der Waals surface area contributed by atoms with Crippen molar-refractivity contribution < 1.29 is 19.8 Å². The summed E-state index contributed by atoms with van der Waals surface area (Å²) < 4.78 is 0.316. The molecule has 2 aromatic carbocycles. The molecule has 1 fully saturated rings. The molecule has 1 saturated heterocycles. The van der Waals surface area contributed by atoms with Gasteiger partial charge in [0.2, 0.25) is 0 Å². The Kier molecular flexibility index (Phi) is 5.39. The molecule has 0 radical (unpaired) electrons. The molecule has 1 unspecified atom stereocenters. The van der Waals surface area contributed by atoms with Crippen molar-refractivity contribution in [2.24, 2.45) is 0 Å². The summed E-state index contributed by atoms with van der Waals surface area (Å²) in [4.78, 5) is 26.0. The minimum absolute atomic E-state index is 0.0993. The molecule has 3 rings (SSSR count). The van der Waals surface area contributed by atoms with Crippen LogP contribution >= 0.6 is 24.0 Å². The predicted octanol–water partition coefficient (Wildman–Crippen LogP) is 3.81. The SMILES string of the molecule is O=C(O)CC(c1ccccc1)N1C(=O)/C(=C\c2cccc(O)c2)SC1=S. The maximum Gasteiger partial charge on any atom is 0.305 e. The Morgan fingerprint density at radius 3 is 2.58 bits per heavy atom. The fourth-order valence-electron chi connectivity index (χ4n) is 2.71. The standard InChI is InChI=1S/C19H15NO4S2/c21-14-8-4-5-12(9-14)10-16-18(24)20(19(25)26-16)15(11-17(22)23)13-6-2-1-3-7-13/h1-10,15,21H,11H2,(H,22,23)/b16-10+. The van der Waals surface area contributed by atoms with Crippen LogP contribution in [0.2, 0.25) is 0 Å². The number of aromatic hydroxyl groups is 1. The van der Waals surface area contributed by atoms with Crippen LogP contribution < -0.4 is 0 Å². The number of aliphatic carboxylic acids is 1. The Bertz CT molecular complexity index is 895. The number of amides is 1. The molecule has 132 valence electrons. The van der Waals surface area contributed by atoms with Crippen LogP contribution in [0.1, 0.15) is 23.6 Å². The van der Waals surface area contributed by atoms with Gasteiger partial charge >= 0.3 is 5.97 Å². The van der Waals surface area contributed by atoms with E-state index in [4.69, 9.17) is 12.2 Å². The van der Waals surface area contributed by atoms with Crippen LogP contribution in [0.4, 0.5) is 0 Å². The summed E-state index contributed by atoms with van der Waals surface area (Å²) in [5.74, 6) is -1.24. The highest BCUT2D eigenvalue weighted by molar-refractivity contribution is 8.26. The summed E-state index contributed by atoms with van der Waals surface area (Å²) in [6.07, 6.45) is 1.40. The first-order valence-corrected chi connectivity index (χ1v) is 9.01. The number of thiocarbonyl (C=S) groups is 1. The Balaban J connectivity index is 1.95. The molecule has 2 N–H and O–H groups in total. The Hall–Kier alpha value is -2.64. The van der Waals surface area contributed by atoms with Gasteiger partial charge in [0.05, 0.1) is 17.4 Å². The lowest BCUT2D eigenvalue weighted by atomic mass is 10.0. The van der Waals surface area contributed by atoms with Crippen molar-refractivity contribution in [2.45, 2.75) is 12.5 Å². The van der Waals surface area contributed by atoms with Crippen molar-refractivity contribution in [3.8, 4) is 5.75 Å². The van der Waals surface area contributed by atoms with Gasteiger partial charge in [-0.05, 0) is 29.3 Å². The molecule has 1 aliphatic rings. The highest BCUT2D eigenvalue weighted by Gasteiger charge is 2.38. The number of carbonyl (C=O) groups excluding carboxylic acids is 1. The number of rotatable bonds is 5. The van der Waals surface area contributed by atoms with E-state index >= 15 is 0 Å². The lowest BCUT2D eigenvalue weighted by molar-refractivity contribution is -0.138. The molecule has 0 aliphatic carbocycles. The summed E-state index contributed by atoms with van der Waals surface area (Å²) in [6.45, 7) is 0. The lowest BCUT2D eigenvalue weighted by Gasteiger charge is -2.26. The lowest BCUT2D eigenvalue weighted by Crippen LogP contribution is -2.34. The van der Waals surface area contributed by atoms with Crippen molar-refractivity contribution in [3.05, 3.63) is 70.6 Å². The van der Waals surface area contributed by atoms with Crippen LogP contribution in [0.15, 0.2) is 59.5 Å². The van der Waals surface area contributed by atoms with Crippen molar-refractivity contribution in [1.29, 1.82) is 0 Å². The van der Waals surface area contributed by atoms with Gasteiger partial charge in [-0.3, -0.25) is 14.5 Å². The molecule has 2 aromatic rings. The summed E-state index contributed by atoms with van der Waals surface area (Å²) in [7, 11) is 0. The van der Waals surface area contributed by atoms with E-state index in [1.54, 1.807) is 54.6 Å². The van der Waals surface area contributed by atoms with E-state index in [-0.39, 0.29) is 18.1 Å². The molecule has 7 heteroatoms. The largest absolute Gasteiger partial charge is 0.508 e. The van der Waals surface area contributed by atoms with Gasteiger partial charge in [-0.25, -0.2) is 0 Å². The third kappa shape index (κ3) is 3.95. The smallest absolute Gasteiger partial charge is 0.305 e. The zero-order valence-corrected chi connectivity index (χ0v) is 15.2. The zero-order chi connectivity index (χ0) is 18.7. The summed E-state index contributed by atoms with van der Waals surface area (Å²) in [5, 5.41) is 18.8. The van der Waals surface area contributed by atoms with Crippen molar-refractivity contribution in [3.63, 3.8) is 0 Å². The Labute approximate surface area is 160 Å². The number of carboxylic acids is 1. The fourth-order valence-corrected chi connectivity index (χ4v) is 4.07. The predicted molar refractivity (Wildman–Crippen MR) is 105 cm³/mol. The molecule has 1 aliphatic heterocycles. The van der Waals surface area contributed by atoms with E-state index in [1.165, 1.54) is 4.90 Å². The minimum atomic E-state index is -1.01. The molecule has 1 atom stereocenters. The molecule has 0 spiro atoms. The van der Waals surface area contributed by atoms with Gasteiger partial charge < -0.3 is 10.2 Å². The summed E-state index contributed by atoms with van der Waals surface area (Å²) in [6, 6.07) is 14.8. The molecule has 0 bridgehead atoms. The number of carbonyl (C=O) groups is 2. The van der Waals surface area contributed by atoms with Gasteiger partial charge in [0, 0.05) is 0 Å². The van der Waals surface area contributed by atoms with Gasteiger partial charge in [-0.1, -0.05) is 66.4 Å². The fraction of sp³-hybridized carbons (Fsp3) is 0.105. The van der Waals surface area contributed by atoms with Crippen LogP contribution in [0.25, 0.3) is 6.08 Å². The third-order valence-electron chi connectivity index (χ3n) is 3.86. The molecule has 0 saturated carbocycles. The maximum absolute atomic E-state index is 12.9. The summed E-state index contributed by atoms with van der Waals surface area (Å²) >= 11 is 6.48. The van der Waals surface area contributed by atoms with E-state index in [9.17, 15) is 19.8 Å². The van der Waals surface area contributed by atoms with E-state index in [0.717, 1.165) is 11.8 Å².